The lowest BCUT2D eigenvalue weighted by Gasteiger charge is -2.24. The molecule has 3 heteroatoms. The molecular weight excluding hydrogens is 196 g/mol. The second kappa shape index (κ2) is 4.38. The van der Waals surface area contributed by atoms with Crippen LogP contribution in [-0.2, 0) is 0 Å². The number of rotatable bonds is 3. The normalized spacial score (nSPS) is 38.6. The molecule has 0 radical (unpaired) electrons. The van der Waals surface area contributed by atoms with E-state index in [1.54, 1.807) is 0 Å². The average Bonchev–Trinajstić information content (AvgIpc) is 2.76. The highest BCUT2D eigenvalue weighted by Crippen LogP contribution is 2.48. The van der Waals surface area contributed by atoms with Gasteiger partial charge in [-0.1, -0.05) is 0 Å². The molecule has 0 amide bonds. The van der Waals surface area contributed by atoms with Crippen molar-refractivity contribution in [3.8, 4) is 0 Å². The van der Waals surface area contributed by atoms with Gasteiger partial charge in [0.25, 0.3) is 0 Å². The maximum Gasteiger partial charge on any atom is 0.0251 e. The van der Waals surface area contributed by atoms with Crippen molar-refractivity contribution in [2.75, 3.05) is 32.1 Å². The Kier molecular flexibility index (Phi) is 3.35. The predicted octanol–water partition coefficient (Wildman–Crippen LogP) is 1.68. The molecule has 1 aliphatic heterocycles. The van der Waals surface area contributed by atoms with Crippen LogP contribution in [0.25, 0.3) is 0 Å². The molecule has 1 saturated carbocycles. The van der Waals surface area contributed by atoms with Gasteiger partial charge in [0.15, 0.2) is 0 Å². The summed E-state index contributed by atoms with van der Waals surface area (Å²) < 4.78 is 0. The standard InChI is InChI=1S/C11H21ClN2/c12-8-10-1-2-11(7-10)3-5-14(9-11)6-4-13/h10H,1-9,13H2/t10-,11+/m0/s1. The number of hydrogen-bond donors (Lipinski definition) is 1. The molecule has 14 heavy (non-hydrogen) atoms. The number of halogens is 1. The summed E-state index contributed by atoms with van der Waals surface area (Å²) in [5, 5.41) is 0. The average molecular weight is 217 g/mol. The molecule has 82 valence electrons. The molecule has 0 bridgehead atoms. The summed E-state index contributed by atoms with van der Waals surface area (Å²) in [7, 11) is 0. The van der Waals surface area contributed by atoms with Crippen molar-refractivity contribution in [3.63, 3.8) is 0 Å². The number of hydrogen-bond acceptors (Lipinski definition) is 2. The van der Waals surface area contributed by atoms with Gasteiger partial charge in [0.1, 0.15) is 0 Å². The smallest absolute Gasteiger partial charge is 0.0251 e. The van der Waals surface area contributed by atoms with Crippen LogP contribution in [0, 0.1) is 11.3 Å². The summed E-state index contributed by atoms with van der Waals surface area (Å²) in [6.45, 7) is 4.41. The largest absolute Gasteiger partial charge is 0.329 e. The molecule has 2 N–H and O–H groups in total. The van der Waals surface area contributed by atoms with Gasteiger partial charge in [-0.05, 0) is 43.6 Å². The summed E-state index contributed by atoms with van der Waals surface area (Å²) in [5.74, 6) is 1.65. The summed E-state index contributed by atoms with van der Waals surface area (Å²) in [6.07, 6.45) is 5.48. The van der Waals surface area contributed by atoms with Gasteiger partial charge in [-0.3, -0.25) is 0 Å². The number of nitrogens with zero attached hydrogens (tertiary/aromatic N) is 1. The van der Waals surface area contributed by atoms with Gasteiger partial charge in [0, 0.05) is 25.5 Å². The van der Waals surface area contributed by atoms with Crippen molar-refractivity contribution < 1.29 is 0 Å². The monoisotopic (exact) mass is 216 g/mol. The first-order valence-electron chi connectivity index (χ1n) is 5.76. The van der Waals surface area contributed by atoms with E-state index in [4.69, 9.17) is 17.3 Å². The zero-order valence-corrected chi connectivity index (χ0v) is 9.60. The van der Waals surface area contributed by atoms with E-state index in [9.17, 15) is 0 Å². The second-order valence-corrected chi connectivity index (χ2v) is 5.39. The Morgan fingerprint density at radius 3 is 2.93 bits per heavy atom. The fourth-order valence-corrected chi connectivity index (χ4v) is 3.49. The van der Waals surface area contributed by atoms with E-state index in [-0.39, 0.29) is 0 Å². The van der Waals surface area contributed by atoms with E-state index < -0.39 is 0 Å². The first-order valence-corrected chi connectivity index (χ1v) is 6.30. The Morgan fingerprint density at radius 2 is 2.29 bits per heavy atom. The highest BCUT2D eigenvalue weighted by atomic mass is 35.5. The Labute approximate surface area is 91.8 Å². The van der Waals surface area contributed by atoms with Gasteiger partial charge in [-0.25, -0.2) is 0 Å². The van der Waals surface area contributed by atoms with Gasteiger partial charge in [0.2, 0.25) is 0 Å². The van der Waals surface area contributed by atoms with E-state index in [1.807, 2.05) is 0 Å². The molecule has 0 aromatic carbocycles. The molecule has 2 nitrogen and oxygen atoms in total. The third-order valence-electron chi connectivity index (χ3n) is 3.99. The molecular formula is C11H21ClN2. The van der Waals surface area contributed by atoms with Crippen molar-refractivity contribution >= 4 is 11.6 Å². The van der Waals surface area contributed by atoms with Crippen molar-refractivity contribution in [2.24, 2.45) is 17.1 Å². The first kappa shape index (κ1) is 10.7. The molecule has 1 heterocycles. The fourth-order valence-electron chi connectivity index (χ4n) is 3.23. The van der Waals surface area contributed by atoms with E-state index in [0.29, 0.717) is 5.41 Å². The fraction of sp³-hybridized carbons (Fsp3) is 1.00. The zero-order valence-electron chi connectivity index (χ0n) is 8.84. The number of alkyl halides is 1. The molecule has 0 aromatic rings. The van der Waals surface area contributed by atoms with Crippen LogP contribution in [0.5, 0.6) is 0 Å². The lowest BCUT2D eigenvalue weighted by atomic mass is 9.85. The molecule has 2 atom stereocenters. The van der Waals surface area contributed by atoms with Crippen molar-refractivity contribution in [2.45, 2.75) is 25.7 Å². The molecule has 2 aliphatic rings. The zero-order chi connectivity index (χ0) is 10.0. The Bertz CT molecular complexity index is 198. The second-order valence-electron chi connectivity index (χ2n) is 5.08. The van der Waals surface area contributed by atoms with Crippen LogP contribution >= 0.6 is 11.6 Å². The van der Waals surface area contributed by atoms with Gasteiger partial charge < -0.3 is 10.6 Å². The first-order chi connectivity index (χ1) is 6.78. The van der Waals surface area contributed by atoms with Crippen LogP contribution in [0.4, 0.5) is 0 Å². The number of nitrogens with two attached hydrogens (primary N) is 1. The molecule has 1 saturated heterocycles. The minimum absolute atomic E-state index is 0.620. The summed E-state index contributed by atoms with van der Waals surface area (Å²) in [6, 6.07) is 0. The van der Waals surface area contributed by atoms with Crippen LogP contribution in [0.1, 0.15) is 25.7 Å². The van der Waals surface area contributed by atoms with Crippen molar-refractivity contribution in [3.05, 3.63) is 0 Å². The highest BCUT2D eigenvalue weighted by molar-refractivity contribution is 6.18. The quantitative estimate of drug-likeness (QED) is 0.728. The van der Waals surface area contributed by atoms with Crippen LogP contribution in [0.2, 0.25) is 0 Å². The van der Waals surface area contributed by atoms with Gasteiger partial charge in [-0.2, -0.15) is 0 Å². The van der Waals surface area contributed by atoms with Crippen LogP contribution in [0.3, 0.4) is 0 Å². The molecule has 2 rings (SSSR count). The van der Waals surface area contributed by atoms with Gasteiger partial charge in [-0.15, -0.1) is 11.6 Å². The minimum atomic E-state index is 0.620. The molecule has 0 aromatic heterocycles. The summed E-state index contributed by atoms with van der Waals surface area (Å²) >= 11 is 5.93. The van der Waals surface area contributed by atoms with Crippen LogP contribution in [-0.4, -0.2) is 37.0 Å². The van der Waals surface area contributed by atoms with E-state index in [2.05, 4.69) is 4.90 Å². The molecule has 1 spiro atoms. The van der Waals surface area contributed by atoms with E-state index >= 15 is 0 Å². The third kappa shape index (κ3) is 2.07. The van der Waals surface area contributed by atoms with Crippen LogP contribution in [0.15, 0.2) is 0 Å². The van der Waals surface area contributed by atoms with Crippen molar-refractivity contribution in [1.82, 2.24) is 4.90 Å². The summed E-state index contributed by atoms with van der Waals surface area (Å²) in [5.41, 5.74) is 6.21. The van der Waals surface area contributed by atoms with Gasteiger partial charge >= 0.3 is 0 Å². The Morgan fingerprint density at radius 1 is 1.43 bits per heavy atom. The van der Waals surface area contributed by atoms with Crippen LogP contribution < -0.4 is 5.73 Å². The lowest BCUT2D eigenvalue weighted by molar-refractivity contribution is 0.260. The maximum absolute atomic E-state index is 5.93. The number of likely N-dealkylation sites (tertiary alicyclic amines) is 1. The minimum Gasteiger partial charge on any atom is -0.329 e. The molecule has 1 aliphatic carbocycles. The highest BCUT2D eigenvalue weighted by Gasteiger charge is 2.43. The van der Waals surface area contributed by atoms with E-state index in [1.165, 1.54) is 38.8 Å². The topological polar surface area (TPSA) is 29.3 Å². The Balaban J connectivity index is 1.87. The third-order valence-corrected chi connectivity index (χ3v) is 4.42. The SMILES string of the molecule is NCCN1CC[C@@]2(CC[C@H](CCl)C2)C1. The predicted molar refractivity (Wildman–Crippen MR) is 60.6 cm³/mol. The maximum atomic E-state index is 5.93. The molecule has 0 unspecified atom stereocenters. The lowest BCUT2D eigenvalue weighted by Crippen LogP contribution is -2.30. The van der Waals surface area contributed by atoms with E-state index in [0.717, 1.165) is 24.9 Å². The van der Waals surface area contributed by atoms with Crippen molar-refractivity contribution in [1.29, 1.82) is 0 Å². The Hall–Kier alpha value is 0.210. The summed E-state index contributed by atoms with van der Waals surface area (Å²) in [4.78, 5) is 2.52. The molecule has 2 fully saturated rings. The van der Waals surface area contributed by atoms with Gasteiger partial charge in [0.05, 0.1) is 0 Å².